The molecule has 0 atom stereocenters. The van der Waals surface area contributed by atoms with E-state index in [0.717, 1.165) is 37.1 Å². The number of fused-ring (bicyclic) bond motifs is 1. The second-order valence-electron chi connectivity index (χ2n) is 5.62. The highest BCUT2D eigenvalue weighted by atomic mass is 16.2. The molecule has 0 aliphatic carbocycles. The van der Waals surface area contributed by atoms with Crippen LogP contribution >= 0.6 is 0 Å². The van der Waals surface area contributed by atoms with Crippen LogP contribution in [-0.4, -0.2) is 36.0 Å². The van der Waals surface area contributed by atoms with Crippen LogP contribution in [0.1, 0.15) is 49.0 Å². The molecule has 0 saturated heterocycles. The normalized spacial score (nSPS) is 13.0. The van der Waals surface area contributed by atoms with E-state index in [2.05, 4.69) is 18.8 Å². The minimum absolute atomic E-state index is 0.0620. The molecular weight excluding hydrogens is 290 g/mol. The minimum Gasteiger partial charge on any atom is -0.366 e. The van der Waals surface area contributed by atoms with E-state index in [-0.39, 0.29) is 5.91 Å². The first-order valence-electron chi connectivity index (χ1n) is 8.03. The zero-order valence-corrected chi connectivity index (χ0v) is 13.7. The summed E-state index contributed by atoms with van der Waals surface area (Å²) in [6.45, 7) is 5.66. The lowest BCUT2D eigenvalue weighted by molar-refractivity contribution is -0.127. The van der Waals surface area contributed by atoms with Crippen molar-refractivity contribution in [3.8, 4) is 0 Å². The third-order valence-electron chi connectivity index (χ3n) is 3.74. The number of aliphatic imine (C=N–C) groups is 1. The van der Waals surface area contributed by atoms with Gasteiger partial charge in [-0.2, -0.15) is 0 Å². The molecule has 5 heteroatoms. The van der Waals surface area contributed by atoms with Crippen LogP contribution in [0.25, 0.3) is 6.08 Å². The van der Waals surface area contributed by atoms with Crippen molar-refractivity contribution in [2.75, 3.05) is 13.1 Å². The Hall–Kier alpha value is -2.43. The minimum atomic E-state index is -0.482. The van der Waals surface area contributed by atoms with Crippen LogP contribution < -0.4 is 5.73 Å². The van der Waals surface area contributed by atoms with Crippen molar-refractivity contribution in [3.63, 3.8) is 0 Å². The zero-order valence-electron chi connectivity index (χ0n) is 13.7. The maximum atomic E-state index is 12.7. The van der Waals surface area contributed by atoms with E-state index in [1.54, 1.807) is 24.4 Å². The SMILES string of the molecule is CCCN(CCC)C(=O)C1=Cc2ccc(C(N)=O)cc2N=CC1. The van der Waals surface area contributed by atoms with Crippen LogP contribution in [0.5, 0.6) is 0 Å². The Labute approximate surface area is 136 Å². The average Bonchev–Trinajstić information content (AvgIpc) is 2.75. The Morgan fingerprint density at radius 2 is 1.91 bits per heavy atom. The summed E-state index contributed by atoms with van der Waals surface area (Å²) in [5.74, 6) is -0.420. The van der Waals surface area contributed by atoms with Crippen LogP contribution in [0, 0.1) is 0 Å². The number of hydrogen-bond acceptors (Lipinski definition) is 3. The lowest BCUT2D eigenvalue weighted by Gasteiger charge is -2.22. The molecule has 5 nitrogen and oxygen atoms in total. The molecular formula is C18H23N3O2. The number of carbonyl (C=O) groups excluding carboxylic acids is 2. The van der Waals surface area contributed by atoms with Gasteiger partial charge in [0.2, 0.25) is 11.8 Å². The van der Waals surface area contributed by atoms with Gasteiger partial charge in [0.05, 0.1) is 5.69 Å². The zero-order chi connectivity index (χ0) is 16.8. The number of amides is 2. The van der Waals surface area contributed by atoms with Crippen LogP contribution in [-0.2, 0) is 4.79 Å². The Morgan fingerprint density at radius 3 is 2.52 bits per heavy atom. The maximum Gasteiger partial charge on any atom is 0.250 e. The fourth-order valence-electron chi connectivity index (χ4n) is 2.63. The second-order valence-corrected chi connectivity index (χ2v) is 5.62. The van der Waals surface area contributed by atoms with Gasteiger partial charge in [0.25, 0.3) is 0 Å². The molecule has 0 fully saturated rings. The molecule has 1 aliphatic heterocycles. The van der Waals surface area contributed by atoms with Gasteiger partial charge < -0.3 is 10.6 Å². The Bertz CT molecular complexity index is 656. The van der Waals surface area contributed by atoms with Gasteiger partial charge in [-0.25, -0.2) is 0 Å². The van der Waals surface area contributed by atoms with E-state index >= 15 is 0 Å². The van der Waals surface area contributed by atoms with Crippen molar-refractivity contribution in [2.45, 2.75) is 33.1 Å². The maximum absolute atomic E-state index is 12.7. The third-order valence-corrected chi connectivity index (χ3v) is 3.74. The van der Waals surface area contributed by atoms with Gasteiger partial charge in [-0.1, -0.05) is 19.9 Å². The van der Waals surface area contributed by atoms with Gasteiger partial charge in [0, 0.05) is 42.4 Å². The van der Waals surface area contributed by atoms with Crippen LogP contribution in [0.3, 0.4) is 0 Å². The van der Waals surface area contributed by atoms with E-state index in [9.17, 15) is 9.59 Å². The number of primary amides is 1. The van der Waals surface area contributed by atoms with Crippen LogP contribution in [0.15, 0.2) is 28.8 Å². The van der Waals surface area contributed by atoms with Gasteiger partial charge in [-0.05, 0) is 31.1 Å². The molecule has 0 bridgehead atoms. The molecule has 0 radical (unpaired) electrons. The molecule has 122 valence electrons. The van der Waals surface area contributed by atoms with E-state index < -0.39 is 5.91 Å². The quantitative estimate of drug-likeness (QED) is 0.876. The van der Waals surface area contributed by atoms with E-state index in [0.29, 0.717) is 17.7 Å². The molecule has 0 unspecified atom stereocenters. The summed E-state index contributed by atoms with van der Waals surface area (Å²) in [4.78, 5) is 30.3. The third kappa shape index (κ3) is 4.06. The van der Waals surface area contributed by atoms with Crippen molar-refractivity contribution >= 4 is 29.8 Å². The lowest BCUT2D eigenvalue weighted by atomic mass is 10.0. The monoisotopic (exact) mass is 313 g/mol. The molecule has 0 saturated carbocycles. The highest BCUT2D eigenvalue weighted by Crippen LogP contribution is 2.27. The Balaban J connectivity index is 2.32. The standard InChI is InChI=1S/C18H23N3O2/c1-3-9-21(10-4-2)18(23)15-7-8-20-16-12-14(17(19)22)6-5-13(16)11-15/h5-6,8,11-12H,3-4,7,9-10H2,1-2H3,(H2,19,22). The number of nitrogens with two attached hydrogens (primary N) is 1. The van der Waals surface area contributed by atoms with Gasteiger partial charge in [-0.15, -0.1) is 0 Å². The molecule has 0 spiro atoms. The summed E-state index contributed by atoms with van der Waals surface area (Å²) in [7, 11) is 0. The van der Waals surface area contributed by atoms with Crippen LogP contribution in [0.2, 0.25) is 0 Å². The predicted octanol–water partition coefficient (Wildman–Crippen LogP) is 2.92. The molecule has 2 N–H and O–H groups in total. The number of hydrogen-bond donors (Lipinski definition) is 1. The highest BCUT2D eigenvalue weighted by molar-refractivity contribution is 6.03. The van der Waals surface area contributed by atoms with Crippen molar-refractivity contribution in [3.05, 3.63) is 34.9 Å². The molecule has 2 rings (SSSR count). The fraction of sp³-hybridized carbons (Fsp3) is 0.389. The molecule has 0 aromatic heterocycles. The second kappa shape index (κ2) is 7.72. The first-order valence-corrected chi connectivity index (χ1v) is 8.03. The number of benzene rings is 1. The Kier molecular flexibility index (Phi) is 5.68. The topological polar surface area (TPSA) is 75.8 Å². The molecule has 2 amide bonds. The first kappa shape index (κ1) is 16.9. The number of carbonyl (C=O) groups is 2. The first-order chi connectivity index (χ1) is 11.1. The Morgan fingerprint density at radius 1 is 1.22 bits per heavy atom. The number of rotatable bonds is 6. The fourth-order valence-corrected chi connectivity index (χ4v) is 2.63. The van der Waals surface area contributed by atoms with Crippen molar-refractivity contribution in [1.29, 1.82) is 0 Å². The smallest absolute Gasteiger partial charge is 0.250 e. The summed E-state index contributed by atoms with van der Waals surface area (Å²) < 4.78 is 0. The van der Waals surface area contributed by atoms with Crippen molar-refractivity contribution < 1.29 is 9.59 Å². The van der Waals surface area contributed by atoms with E-state index in [1.165, 1.54) is 0 Å². The average molecular weight is 313 g/mol. The largest absolute Gasteiger partial charge is 0.366 e. The summed E-state index contributed by atoms with van der Waals surface area (Å²) in [6.07, 6.45) is 5.95. The molecule has 1 aromatic carbocycles. The van der Waals surface area contributed by atoms with Gasteiger partial charge in [0.15, 0.2) is 0 Å². The molecule has 23 heavy (non-hydrogen) atoms. The van der Waals surface area contributed by atoms with Gasteiger partial charge in [0.1, 0.15) is 0 Å². The molecule has 1 heterocycles. The summed E-state index contributed by atoms with van der Waals surface area (Å²) >= 11 is 0. The summed E-state index contributed by atoms with van der Waals surface area (Å²) in [6, 6.07) is 5.11. The summed E-state index contributed by atoms with van der Waals surface area (Å²) in [5.41, 5.74) is 7.94. The van der Waals surface area contributed by atoms with Gasteiger partial charge in [-0.3, -0.25) is 14.6 Å². The van der Waals surface area contributed by atoms with E-state index in [4.69, 9.17) is 5.73 Å². The van der Waals surface area contributed by atoms with Crippen LogP contribution in [0.4, 0.5) is 5.69 Å². The highest BCUT2D eigenvalue weighted by Gasteiger charge is 2.18. The van der Waals surface area contributed by atoms with E-state index in [1.807, 2.05) is 11.0 Å². The number of nitrogens with zero attached hydrogens (tertiary/aromatic N) is 2. The summed E-state index contributed by atoms with van der Waals surface area (Å²) in [5, 5.41) is 0. The van der Waals surface area contributed by atoms with Crippen molar-refractivity contribution in [2.24, 2.45) is 10.7 Å². The van der Waals surface area contributed by atoms with Crippen molar-refractivity contribution in [1.82, 2.24) is 4.90 Å². The lowest BCUT2D eigenvalue weighted by Crippen LogP contribution is -2.33. The predicted molar refractivity (Wildman–Crippen MR) is 92.9 cm³/mol. The van der Waals surface area contributed by atoms with Gasteiger partial charge >= 0.3 is 0 Å². The molecule has 1 aliphatic rings. The molecule has 1 aromatic rings.